The van der Waals surface area contributed by atoms with Crippen molar-refractivity contribution in [3.05, 3.63) is 59.7 Å². The topological polar surface area (TPSA) is 55.8 Å². The Morgan fingerprint density at radius 2 is 1.68 bits per heavy atom. The summed E-state index contributed by atoms with van der Waals surface area (Å²) < 4.78 is 10.4. The number of ether oxygens (including phenoxy) is 2. The average molecular weight is 300 g/mol. The second kappa shape index (κ2) is 6.62. The van der Waals surface area contributed by atoms with Gasteiger partial charge in [0.15, 0.2) is 22.9 Å². The van der Waals surface area contributed by atoms with Crippen LogP contribution in [0.5, 0.6) is 11.5 Å². The lowest BCUT2D eigenvalue weighted by Crippen LogP contribution is -2.36. The van der Waals surface area contributed by atoms with Crippen LogP contribution in [0.2, 0.25) is 0 Å². The van der Waals surface area contributed by atoms with Crippen LogP contribution in [-0.2, 0) is 16.8 Å². The molecular formula is C18H20O4. The van der Waals surface area contributed by atoms with Crippen LogP contribution in [0.15, 0.2) is 48.5 Å². The number of Topliss-reactive ketones (excluding diaryl/α,β-unsaturated/α-hetero) is 1. The first-order valence-electron chi connectivity index (χ1n) is 7.01. The SMILES string of the molecule is COc1ccc(C(O)(Cc2ccccc2)C(C)=O)cc1OC. The minimum Gasteiger partial charge on any atom is -0.493 e. The molecule has 0 aliphatic heterocycles. The molecule has 2 rings (SSSR count). The molecule has 0 spiro atoms. The first kappa shape index (κ1) is 16.0. The van der Waals surface area contributed by atoms with Gasteiger partial charge in [-0.05, 0) is 30.2 Å². The third-order valence-electron chi connectivity index (χ3n) is 3.75. The lowest BCUT2D eigenvalue weighted by Gasteiger charge is -2.27. The van der Waals surface area contributed by atoms with E-state index in [9.17, 15) is 9.90 Å². The first-order valence-corrected chi connectivity index (χ1v) is 7.01. The Bertz CT molecular complexity index is 651. The van der Waals surface area contributed by atoms with Crippen molar-refractivity contribution in [1.82, 2.24) is 0 Å². The molecule has 22 heavy (non-hydrogen) atoms. The standard InChI is InChI=1S/C18H20O4/c1-13(19)18(20,12-14-7-5-4-6-8-14)15-9-10-16(21-2)17(11-15)22-3/h4-11,20H,12H2,1-3H3. The van der Waals surface area contributed by atoms with Crippen LogP contribution in [0.4, 0.5) is 0 Å². The molecule has 0 radical (unpaired) electrons. The summed E-state index contributed by atoms with van der Waals surface area (Å²) in [5, 5.41) is 11.0. The van der Waals surface area contributed by atoms with Crippen molar-refractivity contribution >= 4 is 5.78 Å². The molecular weight excluding hydrogens is 280 g/mol. The zero-order valence-corrected chi connectivity index (χ0v) is 13.0. The van der Waals surface area contributed by atoms with E-state index in [-0.39, 0.29) is 12.2 Å². The van der Waals surface area contributed by atoms with E-state index in [0.717, 1.165) is 5.56 Å². The normalized spacial score (nSPS) is 13.3. The maximum absolute atomic E-state index is 12.1. The van der Waals surface area contributed by atoms with Crippen molar-refractivity contribution < 1.29 is 19.4 Å². The van der Waals surface area contributed by atoms with E-state index in [4.69, 9.17) is 9.47 Å². The van der Waals surface area contributed by atoms with Gasteiger partial charge in [-0.1, -0.05) is 36.4 Å². The maximum atomic E-state index is 12.1. The van der Waals surface area contributed by atoms with Crippen molar-refractivity contribution in [2.75, 3.05) is 14.2 Å². The lowest BCUT2D eigenvalue weighted by molar-refractivity contribution is -0.136. The Labute approximate surface area is 130 Å². The summed E-state index contributed by atoms with van der Waals surface area (Å²) in [6, 6.07) is 14.4. The van der Waals surface area contributed by atoms with E-state index in [2.05, 4.69) is 0 Å². The van der Waals surface area contributed by atoms with Gasteiger partial charge >= 0.3 is 0 Å². The van der Waals surface area contributed by atoms with Crippen LogP contribution in [-0.4, -0.2) is 25.1 Å². The smallest absolute Gasteiger partial charge is 0.166 e. The second-order valence-electron chi connectivity index (χ2n) is 5.15. The number of carbonyl (C=O) groups excluding carboxylic acids is 1. The van der Waals surface area contributed by atoms with Crippen molar-refractivity contribution in [3.63, 3.8) is 0 Å². The van der Waals surface area contributed by atoms with Crippen LogP contribution in [0.1, 0.15) is 18.1 Å². The van der Waals surface area contributed by atoms with Gasteiger partial charge in [0.05, 0.1) is 14.2 Å². The Morgan fingerprint density at radius 3 is 2.23 bits per heavy atom. The largest absolute Gasteiger partial charge is 0.493 e. The monoisotopic (exact) mass is 300 g/mol. The average Bonchev–Trinajstić information content (AvgIpc) is 2.54. The summed E-state index contributed by atoms with van der Waals surface area (Å²) >= 11 is 0. The van der Waals surface area contributed by atoms with Crippen molar-refractivity contribution in [1.29, 1.82) is 0 Å². The van der Waals surface area contributed by atoms with Gasteiger partial charge in [0.2, 0.25) is 0 Å². The molecule has 116 valence electrons. The Balaban J connectivity index is 2.45. The third-order valence-corrected chi connectivity index (χ3v) is 3.75. The molecule has 0 bridgehead atoms. The highest BCUT2D eigenvalue weighted by Gasteiger charge is 2.35. The molecule has 1 atom stereocenters. The molecule has 1 unspecified atom stereocenters. The molecule has 4 nitrogen and oxygen atoms in total. The number of hydrogen-bond donors (Lipinski definition) is 1. The number of benzene rings is 2. The van der Waals surface area contributed by atoms with Gasteiger partial charge in [-0.2, -0.15) is 0 Å². The summed E-state index contributed by atoms with van der Waals surface area (Å²) in [6.07, 6.45) is 0.207. The summed E-state index contributed by atoms with van der Waals surface area (Å²) in [7, 11) is 3.06. The molecule has 0 saturated heterocycles. The lowest BCUT2D eigenvalue weighted by atomic mass is 9.84. The molecule has 0 amide bonds. The van der Waals surface area contributed by atoms with Crippen molar-refractivity contribution in [3.8, 4) is 11.5 Å². The van der Waals surface area contributed by atoms with Crippen LogP contribution in [0.3, 0.4) is 0 Å². The quantitative estimate of drug-likeness (QED) is 0.891. The van der Waals surface area contributed by atoms with E-state index in [1.165, 1.54) is 14.0 Å². The van der Waals surface area contributed by atoms with E-state index in [0.29, 0.717) is 17.1 Å². The van der Waals surface area contributed by atoms with Crippen LogP contribution >= 0.6 is 0 Å². The summed E-state index contributed by atoms with van der Waals surface area (Å²) in [5.41, 5.74) is -0.225. The predicted octanol–water partition coefficient (Wildman–Crippen LogP) is 2.72. The second-order valence-corrected chi connectivity index (χ2v) is 5.15. The first-order chi connectivity index (χ1) is 10.5. The molecule has 0 fully saturated rings. The van der Waals surface area contributed by atoms with Crippen LogP contribution in [0.25, 0.3) is 0 Å². The molecule has 0 aromatic heterocycles. The number of carbonyl (C=O) groups is 1. The number of rotatable bonds is 6. The molecule has 0 heterocycles. The zero-order valence-electron chi connectivity index (χ0n) is 13.0. The molecule has 0 aliphatic rings. The van der Waals surface area contributed by atoms with E-state index >= 15 is 0 Å². The highest BCUT2D eigenvalue weighted by atomic mass is 16.5. The predicted molar refractivity (Wildman–Crippen MR) is 84.3 cm³/mol. The van der Waals surface area contributed by atoms with E-state index < -0.39 is 5.60 Å². The number of methoxy groups -OCH3 is 2. The molecule has 2 aromatic carbocycles. The highest BCUT2D eigenvalue weighted by molar-refractivity contribution is 5.86. The van der Waals surface area contributed by atoms with Gasteiger partial charge in [-0.25, -0.2) is 0 Å². The molecule has 0 aliphatic carbocycles. The fraction of sp³-hybridized carbons (Fsp3) is 0.278. The Hall–Kier alpha value is -2.33. The van der Waals surface area contributed by atoms with Crippen molar-refractivity contribution in [2.45, 2.75) is 18.9 Å². The highest BCUT2D eigenvalue weighted by Crippen LogP contribution is 2.34. The van der Waals surface area contributed by atoms with Gasteiger partial charge in [0.25, 0.3) is 0 Å². The van der Waals surface area contributed by atoms with E-state index in [1.54, 1.807) is 25.3 Å². The minimum atomic E-state index is -1.60. The number of hydrogen-bond acceptors (Lipinski definition) is 4. The van der Waals surface area contributed by atoms with Crippen molar-refractivity contribution in [2.24, 2.45) is 0 Å². The fourth-order valence-corrected chi connectivity index (χ4v) is 2.41. The number of aliphatic hydroxyl groups is 1. The third kappa shape index (κ3) is 3.12. The van der Waals surface area contributed by atoms with Gasteiger partial charge in [0.1, 0.15) is 0 Å². The Kier molecular flexibility index (Phi) is 4.83. The molecule has 1 N–H and O–H groups in total. The van der Waals surface area contributed by atoms with Gasteiger partial charge in [0, 0.05) is 6.42 Å². The minimum absolute atomic E-state index is 0.207. The van der Waals surface area contributed by atoms with Gasteiger partial charge < -0.3 is 14.6 Å². The molecule has 0 saturated carbocycles. The Morgan fingerprint density at radius 1 is 1.05 bits per heavy atom. The maximum Gasteiger partial charge on any atom is 0.166 e. The summed E-state index contributed by atoms with van der Waals surface area (Å²) in [6.45, 7) is 1.39. The fourth-order valence-electron chi connectivity index (χ4n) is 2.41. The number of ketones is 1. The molecule has 4 heteroatoms. The van der Waals surface area contributed by atoms with Crippen LogP contribution < -0.4 is 9.47 Å². The van der Waals surface area contributed by atoms with Crippen LogP contribution in [0, 0.1) is 0 Å². The summed E-state index contributed by atoms with van der Waals surface area (Å²) in [4.78, 5) is 12.1. The van der Waals surface area contributed by atoms with Gasteiger partial charge in [-0.15, -0.1) is 0 Å². The molecule has 2 aromatic rings. The summed E-state index contributed by atoms with van der Waals surface area (Å²) in [5.74, 6) is 0.716. The van der Waals surface area contributed by atoms with E-state index in [1.807, 2.05) is 30.3 Å². The van der Waals surface area contributed by atoms with Gasteiger partial charge in [-0.3, -0.25) is 4.79 Å². The zero-order chi connectivity index (χ0) is 16.2.